The maximum absolute atomic E-state index is 5.96. The molecule has 0 spiro atoms. The Hall–Kier alpha value is -1.67. The van der Waals surface area contributed by atoms with Gasteiger partial charge >= 0.3 is 17.6 Å². The van der Waals surface area contributed by atoms with E-state index in [9.17, 15) is 0 Å². The van der Waals surface area contributed by atoms with E-state index in [1.807, 2.05) is 50.9 Å². The van der Waals surface area contributed by atoms with Gasteiger partial charge < -0.3 is 26.6 Å². The van der Waals surface area contributed by atoms with Gasteiger partial charge in [0.2, 0.25) is 0 Å². The van der Waals surface area contributed by atoms with Crippen LogP contribution in [0.15, 0.2) is 0 Å². The Morgan fingerprint density at radius 1 is 0.488 bits per heavy atom. The molecular formula is C25H52N8O6Si2. The molecule has 236 valence electrons. The molecule has 0 N–H and O–H groups in total. The predicted molar refractivity (Wildman–Crippen MR) is 157 cm³/mol. The summed E-state index contributed by atoms with van der Waals surface area (Å²) in [7, 11) is -5.32. The second-order valence-corrected chi connectivity index (χ2v) is 14.8. The Balaban J connectivity index is 1.76. The second kappa shape index (κ2) is 20.3. The molecule has 0 radical (unpaired) electrons. The van der Waals surface area contributed by atoms with Crippen LogP contribution >= 0.6 is 0 Å². The predicted octanol–water partition coefficient (Wildman–Crippen LogP) is 3.49. The number of aryl methyl sites for hydroxylation is 4. The van der Waals surface area contributed by atoms with Crippen molar-refractivity contribution in [2.75, 3.05) is 39.6 Å². The lowest BCUT2D eigenvalue weighted by Crippen LogP contribution is -2.46. The lowest BCUT2D eigenvalue weighted by atomic mass is 10.1. The zero-order valence-electron chi connectivity index (χ0n) is 26.0. The quantitative estimate of drug-likeness (QED) is 0.113. The standard InChI is InChI=1S/C25H52N8O6Si2/c1-7-34-40(35-8-2,36-9-3)22-16-20-32-24(26-28-30-32)18-14-13-15-19-25-27-29-31-33(25)21-17-23-41(37-10-4,38-11-5)39-12-6/h7-23H2,1-6H3. The number of hydrogen-bond acceptors (Lipinski definition) is 12. The van der Waals surface area contributed by atoms with Crippen molar-refractivity contribution in [3.05, 3.63) is 11.6 Å². The number of rotatable bonds is 26. The topological polar surface area (TPSA) is 143 Å². The van der Waals surface area contributed by atoms with Crippen molar-refractivity contribution in [2.24, 2.45) is 0 Å². The van der Waals surface area contributed by atoms with Gasteiger partial charge in [-0.1, -0.05) is 6.42 Å². The van der Waals surface area contributed by atoms with Crippen LogP contribution in [0.5, 0.6) is 0 Å². The van der Waals surface area contributed by atoms with Gasteiger partial charge in [-0.2, -0.15) is 0 Å². The Kier molecular flexibility index (Phi) is 17.6. The van der Waals surface area contributed by atoms with Crippen molar-refractivity contribution in [3.63, 3.8) is 0 Å². The summed E-state index contributed by atoms with van der Waals surface area (Å²) in [6, 6.07) is 1.48. The minimum Gasteiger partial charge on any atom is -0.374 e. The molecule has 0 aromatic carbocycles. The smallest absolute Gasteiger partial charge is 0.374 e. The zero-order valence-corrected chi connectivity index (χ0v) is 28.0. The minimum absolute atomic E-state index is 0.576. The molecular weight excluding hydrogens is 564 g/mol. The molecule has 0 atom stereocenters. The number of hydrogen-bond donors (Lipinski definition) is 0. The Bertz CT molecular complexity index is 831. The van der Waals surface area contributed by atoms with E-state index in [-0.39, 0.29) is 0 Å². The fourth-order valence-corrected chi connectivity index (χ4v) is 9.98. The first kappa shape index (κ1) is 35.5. The number of unbranched alkanes of at least 4 members (excludes halogenated alkanes) is 2. The SMILES string of the molecule is CCO[Si](CCCn1nnnc1CCCCCc1nnnn1CCC[Si](OCC)(OCC)OCC)(OCC)OCC. The number of tetrazole rings is 2. The molecule has 2 rings (SSSR count). The fraction of sp³-hybridized carbons (Fsp3) is 0.920. The van der Waals surface area contributed by atoms with Gasteiger partial charge in [0.05, 0.1) is 0 Å². The monoisotopic (exact) mass is 616 g/mol. The van der Waals surface area contributed by atoms with Crippen molar-refractivity contribution >= 4 is 17.6 Å². The molecule has 0 saturated heterocycles. The van der Waals surface area contributed by atoms with Crippen LogP contribution in [0, 0.1) is 0 Å². The van der Waals surface area contributed by atoms with Crippen LogP contribution < -0.4 is 0 Å². The third-order valence-electron chi connectivity index (χ3n) is 6.40. The Morgan fingerprint density at radius 3 is 1.15 bits per heavy atom. The van der Waals surface area contributed by atoms with Gasteiger partial charge in [-0.15, -0.1) is 10.2 Å². The van der Waals surface area contributed by atoms with Gasteiger partial charge in [0.15, 0.2) is 11.6 Å². The number of aromatic nitrogens is 8. The summed E-state index contributed by atoms with van der Waals surface area (Å²) in [6.07, 6.45) is 6.31. The fourth-order valence-electron chi connectivity index (χ4n) is 4.79. The van der Waals surface area contributed by atoms with Crippen molar-refractivity contribution < 1.29 is 26.6 Å². The molecule has 0 amide bonds. The molecule has 0 aliphatic carbocycles. The van der Waals surface area contributed by atoms with Crippen molar-refractivity contribution in [1.29, 1.82) is 0 Å². The van der Waals surface area contributed by atoms with Gasteiger partial charge in [-0.3, -0.25) is 0 Å². The van der Waals surface area contributed by atoms with Crippen LogP contribution in [0.4, 0.5) is 0 Å². The molecule has 2 aromatic rings. The molecule has 0 saturated carbocycles. The molecule has 0 aliphatic heterocycles. The summed E-state index contributed by atoms with van der Waals surface area (Å²) in [6.45, 7) is 16.7. The normalized spacial score (nSPS) is 12.4. The van der Waals surface area contributed by atoms with E-state index in [1.54, 1.807) is 0 Å². The number of nitrogens with zero attached hydrogens (tertiary/aromatic N) is 8. The lowest BCUT2D eigenvalue weighted by Gasteiger charge is -2.28. The summed E-state index contributed by atoms with van der Waals surface area (Å²) in [4.78, 5) is 0. The average molecular weight is 617 g/mol. The van der Waals surface area contributed by atoms with Gasteiger partial charge in [0.1, 0.15) is 0 Å². The first-order valence-electron chi connectivity index (χ1n) is 15.3. The van der Waals surface area contributed by atoms with E-state index < -0.39 is 17.6 Å². The summed E-state index contributed by atoms with van der Waals surface area (Å²) in [5.41, 5.74) is 0. The van der Waals surface area contributed by atoms with Crippen LogP contribution in [0.1, 0.15) is 85.3 Å². The van der Waals surface area contributed by atoms with E-state index in [0.29, 0.717) is 52.7 Å². The summed E-state index contributed by atoms with van der Waals surface area (Å²) < 4.78 is 39.5. The van der Waals surface area contributed by atoms with Crippen LogP contribution in [-0.4, -0.2) is 97.7 Å². The zero-order chi connectivity index (χ0) is 29.8. The largest absolute Gasteiger partial charge is 0.500 e. The third kappa shape index (κ3) is 12.2. The summed E-state index contributed by atoms with van der Waals surface area (Å²) in [5, 5.41) is 24.7. The highest BCUT2D eigenvalue weighted by Crippen LogP contribution is 2.20. The maximum Gasteiger partial charge on any atom is 0.500 e. The van der Waals surface area contributed by atoms with E-state index in [0.717, 1.165) is 68.7 Å². The maximum atomic E-state index is 5.96. The highest BCUT2D eigenvalue weighted by atomic mass is 28.4. The highest BCUT2D eigenvalue weighted by molar-refractivity contribution is 6.61. The first-order valence-corrected chi connectivity index (χ1v) is 19.2. The van der Waals surface area contributed by atoms with E-state index in [1.165, 1.54) is 0 Å². The summed E-state index contributed by atoms with van der Waals surface area (Å²) in [5.74, 6) is 1.80. The molecule has 41 heavy (non-hydrogen) atoms. The second-order valence-electron chi connectivity index (χ2n) is 9.37. The molecule has 0 unspecified atom stereocenters. The van der Waals surface area contributed by atoms with Crippen LogP contribution in [0.25, 0.3) is 0 Å². The van der Waals surface area contributed by atoms with Crippen molar-refractivity contribution in [2.45, 2.75) is 112 Å². The first-order chi connectivity index (χ1) is 20.0. The molecule has 2 heterocycles. The molecule has 0 aliphatic rings. The third-order valence-corrected chi connectivity index (χ3v) is 12.7. The van der Waals surface area contributed by atoms with E-state index >= 15 is 0 Å². The molecule has 0 bridgehead atoms. The van der Waals surface area contributed by atoms with Gasteiger partial charge in [-0.25, -0.2) is 9.36 Å². The lowest BCUT2D eigenvalue weighted by molar-refractivity contribution is 0.0696. The molecule has 14 nitrogen and oxygen atoms in total. The highest BCUT2D eigenvalue weighted by Gasteiger charge is 2.40. The molecule has 0 fully saturated rings. The molecule has 16 heteroatoms. The van der Waals surface area contributed by atoms with Gasteiger partial charge in [0, 0.05) is 77.7 Å². The van der Waals surface area contributed by atoms with E-state index in [4.69, 9.17) is 26.6 Å². The summed E-state index contributed by atoms with van der Waals surface area (Å²) >= 11 is 0. The van der Waals surface area contributed by atoms with Crippen molar-refractivity contribution in [3.8, 4) is 0 Å². The minimum atomic E-state index is -2.66. The van der Waals surface area contributed by atoms with Gasteiger partial charge in [-0.05, 0) is 88.1 Å². The van der Waals surface area contributed by atoms with Crippen LogP contribution in [-0.2, 0) is 52.5 Å². The average Bonchev–Trinajstić information content (AvgIpc) is 3.59. The van der Waals surface area contributed by atoms with E-state index in [2.05, 4.69) is 31.1 Å². The van der Waals surface area contributed by atoms with Crippen LogP contribution in [0.2, 0.25) is 12.1 Å². The molecule has 2 aromatic heterocycles. The Labute approximate surface area is 247 Å². The Morgan fingerprint density at radius 2 is 0.829 bits per heavy atom. The van der Waals surface area contributed by atoms with Gasteiger partial charge in [0.25, 0.3) is 0 Å². The van der Waals surface area contributed by atoms with Crippen LogP contribution in [0.3, 0.4) is 0 Å². The van der Waals surface area contributed by atoms with Crippen molar-refractivity contribution in [1.82, 2.24) is 40.4 Å².